The first-order valence-electron chi connectivity index (χ1n) is 29.2. The van der Waals surface area contributed by atoms with Crippen LogP contribution in [0.3, 0.4) is 0 Å². The highest BCUT2D eigenvalue weighted by atomic mass is 16.5. The third kappa shape index (κ3) is 15.3. The Kier molecular flexibility index (Phi) is 20.8. The number of nitrogens with zero attached hydrogens (tertiary/aromatic N) is 6. The lowest BCUT2D eigenvalue weighted by Gasteiger charge is -2.11. The Hall–Kier alpha value is -11.9. The predicted octanol–water partition coefficient (Wildman–Crippen LogP) is 17.4. The van der Waals surface area contributed by atoms with Gasteiger partial charge in [-0.2, -0.15) is 0 Å². The van der Waals surface area contributed by atoms with E-state index in [1.165, 1.54) is 0 Å². The van der Waals surface area contributed by atoms with Crippen molar-refractivity contribution >= 4 is 85.1 Å². The monoisotopic (exact) mass is 1220 g/mol. The summed E-state index contributed by atoms with van der Waals surface area (Å²) in [7, 11) is 13.2. The van der Waals surface area contributed by atoms with Gasteiger partial charge >= 0.3 is 0 Å². The first-order chi connectivity index (χ1) is 45.0. The highest BCUT2D eigenvalue weighted by Crippen LogP contribution is 2.36. The molecule has 0 fully saturated rings. The number of methoxy groups -OCH3 is 8. The summed E-state index contributed by atoms with van der Waals surface area (Å²) in [5.41, 5.74) is 16.8. The molecule has 0 saturated heterocycles. The van der Waals surface area contributed by atoms with Crippen LogP contribution < -0.4 is 37.9 Å². The van der Waals surface area contributed by atoms with E-state index in [1.807, 2.05) is 231 Å². The lowest BCUT2D eigenvalue weighted by Crippen LogP contribution is -1.93. The van der Waals surface area contributed by atoms with Crippen molar-refractivity contribution in [3.05, 3.63) is 250 Å². The Labute approximate surface area is 536 Å². The molecule has 10 rings (SSSR count). The topological polar surface area (TPSA) is 151 Å². The molecule has 4 aromatic carbocycles. The molecule has 0 spiro atoms. The molecule has 10 aromatic rings. The number of aromatic nitrogens is 6. The van der Waals surface area contributed by atoms with Crippen LogP contribution >= 0.6 is 0 Å². The van der Waals surface area contributed by atoms with Crippen molar-refractivity contribution in [1.29, 1.82) is 0 Å². The maximum atomic E-state index is 5.85. The van der Waals surface area contributed by atoms with E-state index in [1.54, 1.807) is 69.0 Å². The van der Waals surface area contributed by atoms with Crippen LogP contribution in [-0.4, -0.2) is 86.8 Å². The first kappa shape index (κ1) is 63.1. The molecule has 14 nitrogen and oxygen atoms in total. The molecule has 0 aliphatic carbocycles. The standard InChI is InChI=1S/C78H68N6O8/c1-11-57-37-73(87-5)59(39-71(57)85-3)25-13-51-19-31-65(79-45-51)67-33-21-53(47-81-67)15-27-61-41-77(91-9)63(43-75(61)89-7)29-17-55-23-35-69(83-49-55)70-36-24-56(50-84-70)18-30-64-44-76(90-8)62(42-78(64)92-10)28-16-54-22-34-68(82-48-54)66-32-20-52(46-80-66)14-26-60-40-72(86-4)58(12-2)38-74(60)88-6/h11-50H,1-2H2,3-10H3/b25-13+,26-14+,27-15+,28-16+,29-17+,30-18+. The fourth-order valence-corrected chi connectivity index (χ4v) is 9.93. The largest absolute Gasteiger partial charge is 0.496 e. The molecular formula is C78H68N6O8. The Morgan fingerprint density at radius 3 is 0.500 bits per heavy atom. The van der Waals surface area contributed by atoms with E-state index in [-0.39, 0.29) is 0 Å². The Bertz CT molecular complexity index is 4140. The van der Waals surface area contributed by atoms with E-state index in [0.717, 1.165) is 135 Å². The van der Waals surface area contributed by atoms with Gasteiger partial charge in [-0.3, -0.25) is 29.9 Å². The molecule has 0 aliphatic heterocycles. The highest BCUT2D eigenvalue weighted by molar-refractivity contribution is 5.83. The van der Waals surface area contributed by atoms with E-state index >= 15 is 0 Å². The molecule has 0 amide bonds. The quantitative estimate of drug-likeness (QED) is 0.0534. The number of rotatable bonds is 25. The van der Waals surface area contributed by atoms with E-state index in [9.17, 15) is 0 Å². The minimum absolute atomic E-state index is 0.686. The smallest absolute Gasteiger partial charge is 0.126 e. The molecule has 0 atom stereocenters. The normalized spacial score (nSPS) is 11.5. The maximum absolute atomic E-state index is 5.85. The molecule has 0 radical (unpaired) electrons. The van der Waals surface area contributed by atoms with Crippen LogP contribution in [0.4, 0.5) is 0 Å². The zero-order chi connectivity index (χ0) is 64.3. The second-order valence-corrected chi connectivity index (χ2v) is 20.6. The van der Waals surface area contributed by atoms with Gasteiger partial charge in [-0.1, -0.05) is 135 Å². The van der Waals surface area contributed by atoms with Crippen molar-refractivity contribution < 1.29 is 37.9 Å². The summed E-state index contributed by atoms with van der Waals surface area (Å²) in [5, 5.41) is 0. The molecule has 14 heteroatoms. The van der Waals surface area contributed by atoms with Gasteiger partial charge in [0.25, 0.3) is 0 Å². The van der Waals surface area contributed by atoms with Crippen molar-refractivity contribution in [2.45, 2.75) is 0 Å². The number of ether oxygens (including phenoxy) is 8. The number of pyridine rings is 6. The summed E-state index contributed by atoms with van der Waals surface area (Å²) in [6, 6.07) is 39.2. The fourth-order valence-electron chi connectivity index (χ4n) is 9.93. The van der Waals surface area contributed by atoms with Gasteiger partial charge < -0.3 is 37.9 Å². The summed E-state index contributed by atoms with van der Waals surface area (Å²) < 4.78 is 45.7. The summed E-state index contributed by atoms with van der Waals surface area (Å²) in [4.78, 5) is 28.3. The fraction of sp³-hybridized carbons (Fsp3) is 0.103. The Morgan fingerprint density at radius 1 is 0.217 bits per heavy atom. The van der Waals surface area contributed by atoms with Crippen LogP contribution in [0, 0.1) is 0 Å². The number of hydrogen-bond acceptors (Lipinski definition) is 14. The molecule has 0 unspecified atom stereocenters. The van der Waals surface area contributed by atoms with Crippen molar-refractivity contribution in [1.82, 2.24) is 29.9 Å². The van der Waals surface area contributed by atoms with Crippen LogP contribution in [0.5, 0.6) is 46.0 Å². The molecular weight excluding hydrogens is 1150 g/mol. The van der Waals surface area contributed by atoms with Crippen LogP contribution in [-0.2, 0) is 0 Å². The average molecular weight is 1220 g/mol. The van der Waals surface area contributed by atoms with E-state index in [2.05, 4.69) is 23.1 Å². The van der Waals surface area contributed by atoms with E-state index in [4.69, 9.17) is 57.8 Å². The molecule has 0 aliphatic rings. The molecule has 0 N–H and O–H groups in total. The third-order valence-corrected chi connectivity index (χ3v) is 15.0. The zero-order valence-electron chi connectivity index (χ0n) is 52.5. The van der Waals surface area contributed by atoms with Gasteiger partial charge in [-0.05, 0) is 118 Å². The minimum atomic E-state index is 0.686. The summed E-state index contributed by atoms with van der Waals surface area (Å²) >= 11 is 0. The van der Waals surface area contributed by atoms with Crippen LogP contribution in [0.1, 0.15) is 77.9 Å². The van der Waals surface area contributed by atoms with Gasteiger partial charge in [-0.15, -0.1) is 0 Å². The van der Waals surface area contributed by atoms with Gasteiger partial charge in [0.1, 0.15) is 46.0 Å². The molecule has 6 aromatic heterocycles. The minimum Gasteiger partial charge on any atom is -0.496 e. The SMILES string of the molecule is C=Cc1cc(OC)c(/C=C/c2ccc(-c3ccc(/C=C/c4cc(OC)c(/C=C/c5ccc(-c6ccc(/C=C/c7cc(OC)c(/C=C/c8ccc(-c9ccc(/C=C/c%10cc(OC)c(C=C)cc%10OC)cn9)nc8)cc7OC)cn6)nc5)cc4OC)cn3)nc2)cc1OC. The molecule has 0 bridgehead atoms. The Balaban J connectivity index is 0.729. The maximum Gasteiger partial charge on any atom is 0.126 e. The van der Waals surface area contributed by atoms with Crippen LogP contribution in [0.15, 0.2) is 172 Å². The average Bonchev–Trinajstić information content (AvgIpc) is 1.39. The van der Waals surface area contributed by atoms with Crippen LogP contribution in [0.25, 0.3) is 119 Å². The second-order valence-electron chi connectivity index (χ2n) is 20.6. The third-order valence-electron chi connectivity index (χ3n) is 15.0. The van der Waals surface area contributed by atoms with Crippen molar-refractivity contribution in [2.75, 3.05) is 56.9 Å². The first-order valence-corrected chi connectivity index (χ1v) is 29.2. The predicted molar refractivity (Wildman–Crippen MR) is 374 cm³/mol. The molecule has 92 heavy (non-hydrogen) atoms. The van der Waals surface area contributed by atoms with Crippen molar-refractivity contribution in [3.8, 4) is 80.2 Å². The van der Waals surface area contributed by atoms with E-state index in [0.29, 0.717) is 23.0 Å². The van der Waals surface area contributed by atoms with Gasteiger partial charge in [0.05, 0.1) is 91.0 Å². The number of benzene rings is 4. The zero-order valence-corrected chi connectivity index (χ0v) is 52.5. The van der Waals surface area contributed by atoms with Crippen molar-refractivity contribution in [2.24, 2.45) is 0 Å². The summed E-state index contributed by atoms with van der Waals surface area (Å²) in [6.07, 6.45) is 38.2. The summed E-state index contributed by atoms with van der Waals surface area (Å²) in [5.74, 6) is 5.62. The number of hydrogen-bond donors (Lipinski definition) is 0. The molecule has 458 valence electrons. The van der Waals surface area contributed by atoms with Crippen molar-refractivity contribution in [3.63, 3.8) is 0 Å². The summed E-state index contributed by atoms with van der Waals surface area (Å²) in [6.45, 7) is 7.74. The highest BCUT2D eigenvalue weighted by Gasteiger charge is 2.14. The Morgan fingerprint density at radius 2 is 0.370 bits per heavy atom. The molecule has 0 saturated carbocycles. The van der Waals surface area contributed by atoms with E-state index < -0.39 is 0 Å². The second kappa shape index (κ2) is 30.3. The molecule has 6 heterocycles. The van der Waals surface area contributed by atoms with Gasteiger partial charge in [0, 0.05) is 81.7 Å². The van der Waals surface area contributed by atoms with Gasteiger partial charge in [0.15, 0.2) is 0 Å². The lowest BCUT2D eigenvalue weighted by molar-refractivity contribution is 0.401. The van der Waals surface area contributed by atoms with Gasteiger partial charge in [0.2, 0.25) is 0 Å². The van der Waals surface area contributed by atoms with Crippen LogP contribution in [0.2, 0.25) is 0 Å². The van der Waals surface area contributed by atoms with Gasteiger partial charge in [-0.25, -0.2) is 0 Å². The lowest BCUT2D eigenvalue weighted by atomic mass is 10.1.